The lowest BCUT2D eigenvalue weighted by atomic mass is 10.2. The maximum absolute atomic E-state index is 13.4. The summed E-state index contributed by atoms with van der Waals surface area (Å²) >= 11 is 5.84. The van der Waals surface area contributed by atoms with Crippen LogP contribution in [0, 0.1) is 5.82 Å². The smallest absolute Gasteiger partial charge is 0.221 e. The number of benzene rings is 2. The topological polar surface area (TPSA) is 71.3 Å². The molecule has 1 N–H and O–H groups in total. The van der Waals surface area contributed by atoms with Gasteiger partial charge in [0.15, 0.2) is 0 Å². The van der Waals surface area contributed by atoms with Crippen LogP contribution in [0.3, 0.4) is 0 Å². The molecule has 0 unspecified atom stereocenters. The first-order valence-corrected chi connectivity index (χ1v) is 8.28. The van der Waals surface area contributed by atoms with E-state index in [1.807, 2.05) is 0 Å². The Labute approximate surface area is 158 Å². The molecule has 4 aromatic rings. The highest BCUT2D eigenvalue weighted by atomic mass is 35.5. The molecule has 134 valence electrons. The number of nitrogens with one attached hydrogen (secondary N) is 1. The Bertz CT molecular complexity index is 1120. The zero-order valence-electron chi connectivity index (χ0n) is 13.8. The highest BCUT2D eigenvalue weighted by molar-refractivity contribution is 6.31. The Hall–Kier alpha value is -3.45. The normalized spacial score (nSPS) is 10.7. The Morgan fingerprint density at radius 3 is 2.78 bits per heavy atom. The van der Waals surface area contributed by atoms with Crippen LogP contribution in [0.4, 0.5) is 27.5 Å². The molecule has 2 aromatic heterocycles. The highest BCUT2D eigenvalue weighted by Gasteiger charge is 2.13. The number of carbonyl (C=O) groups is 1. The molecule has 2 heterocycles. The highest BCUT2D eigenvalue weighted by Crippen LogP contribution is 2.31. The van der Waals surface area contributed by atoms with E-state index in [0.717, 1.165) is 0 Å². The molecule has 0 aliphatic rings. The summed E-state index contributed by atoms with van der Waals surface area (Å²) in [5.74, 6) is 0.382. The Balaban J connectivity index is 1.77. The van der Waals surface area contributed by atoms with E-state index in [4.69, 9.17) is 16.0 Å². The fourth-order valence-electron chi connectivity index (χ4n) is 2.65. The number of hydrogen-bond donors (Lipinski definition) is 1. The number of carbonyl (C=O) groups excluding carboxylic acids is 1. The summed E-state index contributed by atoms with van der Waals surface area (Å²) in [6.07, 6.45) is 3.57. The molecular formula is C19H12ClFN4O2. The second kappa shape index (κ2) is 7.05. The average molecular weight is 383 g/mol. The van der Waals surface area contributed by atoms with Crippen molar-refractivity contribution in [3.63, 3.8) is 0 Å². The summed E-state index contributed by atoms with van der Waals surface area (Å²) in [6, 6.07) is 13.0. The van der Waals surface area contributed by atoms with Crippen LogP contribution in [-0.4, -0.2) is 16.4 Å². The molecule has 0 radical (unpaired) electrons. The Morgan fingerprint density at radius 1 is 1.15 bits per heavy atom. The predicted molar refractivity (Wildman–Crippen MR) is 101 cm³/mol. The maximum Gasteiger partial charge on any atom is 0.221 e. The van der Waals surface area contributed by atoms with Gasteiger partial charge in [0.1, 0.15) is 18.0 Å². The Kier molecular flexibility index (Phi) is 4.43. The van der Waals surface area contributed by atoms with Crippen molar-refractivity contribution in [3.8, 4) is 0 Å². The second-order valence-corrected chi connectivity index (χ2v) is 6.01. The van der Waals surface area contributed by atoms with Crippen molar-refractivity contribution in [2.45, 2.75) is 0 Å². The van der Waals surface area contributed by atoms with Crippen molar-refractivity contribution >= 4 is 52.0 Å². The van der Waals surface area contributed by atoms with E-state index in [1.54, 1.807) is 36.4 Å². The third-order valence-corrected chi connectivity index (χ3v) is 4.22. The van der Waals surface area contributed by atoms with Crippen LogP contribution in [0.15, 0.2) is 65.5 Å². The van der Waals surface area contributed by atoms with Crippen molar-refractivity contribution < 1.29 is 13.6 Å². The van der Waals surface area contributed by atoms with Crippen molar-refractivity contribution in [2.75, 3.05) is 10.2 Å². The zero-order chi connectivity index (χ0) is 18.8. The van der Waals surface area contributed by atoms with Crippen molar-refractivity contribution in [2.24, 2.45) is 0 Å². The number of furan rings is 1. The van der Waals surface area contributed by atoms with Gasteiger partial charge >= 0.3 is 0 Å². The average Bonchev–Trinajstić information content (AvgIpc) is 3.20. The number of aromatic nitrogens is 2. The van der Waals surface area contributed by atoms with Gasteiger partial charge in [0.05, 0.1) is 22.5 Å². The van der Waals surface area contributed by atoms with Gasteiger partial charge in [0.2, 0.25) is 12.3 Å². The number of anilines is 4. The monoisotopic (exact) mass is 382 g/mol. The molecule has 0 spiro atoms. The lowest BCUT2D eigenvalue weighted by molar-refractivity contribution is -0.107. The SMILES string of the molecule is O=CN(c1ccc2ncnc(Nc3ccc(F)c(Cl)c3)c2c1)c1ccco1. The summed E-state index contributed by atoms with van der Waals surface area (Å²) in [7, 11) is 0. The van der Waals surface area contributed by atoms with E-state index in [9.17, 15) is 9.18 Å². The molecule has 0 atom stereocenters. The molecule has 1 amide bonds. The zero-order valence-corrected chi connectivity index (χ0v) is 14.5. The standard InChI is InChI=1S/C19H12ClFN4O2/c20-15-8-12(3-5-16(15)21)24-19-14-9-13(4-6-17(14)22-10-23-19)25(11-26)18-2-1-7-27-18/h1-11H,(H,22,23,24). The quantitative estimate of drug-likeness (QED) is 0.489. The van der Waals surface area contributed by atoms with Crippen LogP contribution >= 0.6 is 11.6 Å². The van der Waals surface area contributed by atoms with E-state index in [1.165, 1.54) is 29.6 Å². The van der Waals surface area contributed by atoms with Gasteiger partial charge in [-0.15, -0.1) is 0 Å². The first-order valence-electron chi connectivity index (χ1n) is 7.90. The minimum absolute atomic E-state index is 0.00370. The predicted octanol–water partition coefficient (Wildman–Crippen LogP) is 5.05. The van der Waals surface area contributed by atoms with E-state index < -0.39 is 5.82 Å². The molecule has 0 fully saturated rings. The van der Waals surface area contributed by atoms with Crippen LogP contribution in [0.25, 0.3) is 10.9 Å². The number of rotatable bonds is 5. The molecule has 0 saturated heterocycles. The van der Waals surface area contributed by atoms with Crippen LogP contribution in [-0.2, 0) is 4.79 Å². The first-order chi connectivity index (χ1) is 13.2. The van der Waals surface area contributed by atoms with Gasteiger partial charge in [0, 0.05) is 17.1 Å². The number of halogens is 2. The minimum Gasteiger partial charge on any atom is -0.448 e. The number of amides is 1. The largest absolute Gasteiger partial charge is 0.448 e. The molecule has 0 saturated carbocycles. The number of nitrogens with zero attached hydrogens (tertiary/aromatic N) is 3. The fraction of sp³-hybridized carbons (Fsp3) is 0. The summed E-state index contributed by atoms with van der Waals surface area (Å²) in [6.45, 7) is 0. The summed E-state index contributed by atoms with van der Waals surface area (Å²) in [5, 5.41) is 3.78. The summed E-state index contributed by atoms with van der Waals surface area (Å²) in [5.41, 5.74) is 1.84. The Morgan fingerprint density at radius 2 is 2.04 bits per heavy atom. The van der Waals surface area contributed by atoms with Gasteiger partial charge in [-0.05, 0) is 42.5 Å². The van der Waals surface area contributed by atoms with Crippen molar-refractivity contribution in [3.05, 3.63) is 72.0 Å². The first kappa shape index (κ1) is 17.0. The van der Waals surface area contributed by atoms with E-state index in [-0.39, 0.29) is 5.02 Å². The van der Waals surface area contributed by atoms with E-state index in [0.29, 0.717) is 40.4 Å². The molecule has 27 heavy (non-hydrogen) atoms. The van der Waals surface area contributed by atoms with Crippen molar-refractivity contribution in [1.82, 2.24) is 9.97 Å². The van der Waals surface area contributed by atoms with Crippen LogP contribution < -0.4 is 10.2 Å². The molecule has 0 aliphatic carbocycles. The van der Waals surface area contributed by atoms with Gasteiger partial charge in [-0.1, -0.05) is 11.6 Å². The van der Waals surface area contributed by atoms with Gasteiger partial charge in [0.25, 0.3) is 0 Å². The van der Waals surface area contributed by atoms with Crippen molar-refractivity contribution in [1.29, 1.82) is 0 Å². The molecule has 2 aromatic carbocycles. The lowest BCUT2D eigenvalue weighted by Crippen LogP contribution is -2.13. The van der Waals surface area contributed by atoms with E-state index >= 15 is 0 Å². The number of hydrogen-bond acceptors (Lipinski definition) is 5. The molecule has 4 rings (SSSR count). The molecule has 8 heteroatoms. The van der Waals surface area contributed by atoms with Crippen LogP contribution in [0.5, 0.6) is 0 Å². The van der Waals surface area contributed by atoms with Crippen LogP contribution in [0.2, 0.25) is 5.02 Å². The number of fused-ring (bicyclic) bond motifs is 1. The molecule has 0 aliphatic heterocycles. The van der Waals surface area contributed by atoms with Gasteiger partial charge in [-0.2, -0.15) is 0 Å². The van der Waals surface area contributed by atoms with Gasteiger partial charge in [-0.3, -0.25) is 9.69 Å². The maximum atomic E-state index is 13.4. The molecule has 6 nitrogen and oxygen atoms in total. The molecule has 0 bridgehead atoms. The lowest BCUT2D eigenvalue weighted by Gasteiger charge is -2.15. The van der Waals surface area contributed by atoms with Crippen LogP contribution in [0.1, 0.15) is 0 Å². The summed E-state index contributed by atoms with van der Waals surface area (Å²) < 4.78 is 18.7. The summed E-state index contributed by atoms with van der Waals surface area (Å²) in [4.78, 5) is 21.4. The van der Waals surface area contributed by atoms with Gasteiger partial charge < -0.3 is 9.73 Å². The molecular weight excluding hydrogens is 371 g/mol. The third-order valence-electron chi connectivity index (χ3n) is 3.93. The fourth-order valence-corrected chi connectivity index (χ4v) is 2.83. The van der Waals surface area contributed by atoms with Gasteiger partial charge in [-0.25, -0.2) is 14.4 Å². The minimum atomic E-state index is -0.503. The second-order valence-electron chi connectivity index (χ2n) is 5.60. The third kappa shape index (κ3) is 3.32. The van der Waals surface area contributed by atoms with E-state index in [2.05, 4.69) is 15.3 Å².